The molecule has 1 N–H and O–H groups in total. The van der Waals surface area contributed by atoms with Crippen LogP contribution in [0.5, 0.6) is 5.75 Å². The molecule has 1 aromatic carbocycles. The molecule has 1 aromatic heterocycles. The van der Waals surface area contributed by atoms with E-state index in [1.165, 1.54) is 18.3 Å². The maximum Gasteiger partial charge on any atom is 0.406 e. The fourth-order valence-electron chi connectivity index (χ4n) is 1.70. The first-order valence-electron chi connectivity index (χ1n) is 6.26. The predicted octanol–water partition coefficient (Wildman–Crippen LogP) is 2.97. The van der Waals surface area contributed by atoms with Gasteiger partial charge in [-0.1, -0.05) is 17.7 Å². The Bertz CT molecular complexity index is 721. The summed E-state index contributed by atoms with van der Waals surface area (Å²) in [7, 11) is 0. The number of nitro groups is 1. The molecule has 1 amide bonds. The van der Waals surface area contributed by atoms with Gasteiger partial charge in [0.2, 0.25) is 5.75 Å². The van der Waals surface area contributed by atoms with Crippen LogP contribution in [0.25, 0.3) is 0 Å². The topological polar surface area (TPSA) is 94.4 Å². The molecule has 0 aliphatic rings. The van der Waals surface area contributed by atoms with Gasteiger partial charge in [0, 0.05) is 10.7 Å². The summed E-state index contributed by atoms with van der Waals surface area (Å²) >= 11 is 5.96. The predicted molar refractivity (Wildman–Crippen MR) is 81.2 cm³/mol. The number of carbonyl (C=O) groups excluding carboxylic acids is 1. The van der Waals surface area contributed by atoms with Gasteiger partial charge >= 0.3 is 5.82 Å². The van der Waals surface area contributed by atoms with E-state index in [0.29, 0.717) is 10.7 Å². The second kappa shape index (κ2) is 6.86. The lowest BCUT2D eigenvalue weighted by atomic mass is 10.2. The van der Waals surface area contributed by atoms with Gasteiger partial charge in [-0.3, -0.25) is 4.79 Å². The maximum atomic E-state index is 11.9. The minimum absolute atomic E-state index is 0.0644. The van der Waals surface area contributed by atoms with Crippen molar-refractivity contribution in [2.45, 2.75) is 6.92 Å². The summed E-state index contributed by atoms with van der Waals surface area (Å²) in [6, 6.07) is 7.98. The van der Waals surface area contributed by atoms with Crippen LogP contribution in [-0.4, -0.2) is 22.4 Å². The normalized spacial score (nSPS) is 10.1. The molecule has 8 heteroatoms. The quantitative estimate of drug-likeness (QED) is 0.674. The fraction of sp³-hybridized carbons (Fsp3) is 0.143. The Hall–Kier alpha value is -2.67. The zero-order valence-corrected chi connectivity index (χ0v) is 12.3. The summed E-state index contributed by atoms with van der Waals surface area (Å²) < 4.78 is 5.15. The molecule has 1 heterocycles. The molecule has 22 heavy (non-hydrogen) atoms. The maximum absolute atomic E-state index is 11.9. The smallest absolute Gasteiger partial charge is 0.406 e. The van der Waals surface area contributed by atoms with Crippen LogP contribution < -0.4 is 10.1 Å². The second-order valence-electron chi connectivity index (χ2n) is 4.33. The average Bonchev–Trinajstić information content (AvgIpc) is 2.50. The van der Waals surface area contributed by atoms with E-state index in [2.05, 4.69) is 10.3 Å². The summed E-state index contributed by atoms with van der Waals surface area (Å²) in [4.78, 5) is 25.6. The van der Waals surface area contributed by atoms with Gasteiger partial charge in [0.1, 0.15) is 6.20 Å². The van der Waals surface area contributed by atoms with Crippen molar-refractivity contribution in [2.75, 3.05) is 11.9 Å². The van der Waals surface area contributed by atoms with Crippen LogP contribution in [-0.2, 0) is 4.79 Å². The third-order valence-corrected chi connectivity index (χ3v) is 3.23. The summed E-state index contributed by atoms with van der Waals surface area (Å²) in [5.41, 5.74) is 1.28. The van der Waals surface area contributed by atoms with Gasteiger partial charge in [-0.25, -0.2) is 0 Å². The van der Waals surface area contributed by atoms with E-state index in [4.69, 9.17) is 16.3 Å². The number of anilines is 1. The van der Waals surface area contributed by atoms with Crippen molar-refractivity contribution in [2.24, 2.45) is 0 Å². The number of hydrogen-bond donors (Lipinski definition) is 1. The van der Waals surface area contributed by atoms with Crippen LogP contribution in [0.1, 0.15) is 5.56 Å². The molecule has 0 spiro atoms. The Morgan fingerprint density at radius 2 is 2.18 bits per heavy atom. The van der Waals surface area contributed by atoms with Crippen molar-refractivity contribution in [1.29, 1.82) is 0 Å². The first kappa shape index (κ1) is 15.7. The van der Waals surface area contributed by atoms with Crippen LogP contribution in [0, 0.1) is 17.0 Å². The molecule has 7 nitrogen and oxygen atoms in total. The molecule has 114 valence electrons. The summed E-state index contributed by atoms with van der Waals surface area (Å²) in [5, 5.41) is 13.9. The van der Waals surface area contributed by atoms with Crippen molar-refractivity contribution < 1.29 is 14.5 Å². The molecule has 0 radical (unpaired) electrons. The average molecular weight is 322 g/mol. The molecular formula is C14H12ClN3O4. The highest BCUT2D eigenvalue weighted by Crippen LogP contribution is 2.24. The highest BCUT2D eigenvalue weighted by atomic mass is 35.5. The van der Waals surface area contributed by atoms with Crippen LogP contribution in [0.4, 0.5) is 11.5 Å². The number of nitrogens with zero attached hydrogens (tertiary/aromatic N) is 2. The molecular weight excluding hydrogens is 310 g/mol. The lowest BCUT2D eigenvalue weighted by Crippen LogP contribution is -2.21. The number of rotatable bonds is 5. The van der Waals surface area contributed by atoms with E-state index < -0.39 is 16.6 Å². The lowest BCUT2D eigenvalue weighted by molar-refractivity contribution is -0.390. The van der Waals surface area contributed by atoms with Crippen molar-refractivity contribution in [1.82, 2.24) is 4.98 Å². The van der Waals surface area contributed by atoms with Gasteiger partial charge in [0.05, 0.1) is 0 Å². The van der Waals surface area contributed by atoms with Crippen LogP contribution in [0.15, 0.2) is 36.5 Å². The molecule has 0 aliphatic heterocycles. The number of carbonyl (C=O) groups is 1. The van der Waals surface area contributed by atoms with Crippen LogP contribution >= 0.6 is 11.6 Å². The second-order valence-corrected chi connectivity index (χ2v) is 4.74. The van der Waals surface area contributed by atoms with Crippen molar-refractivity contribution in [3.63, 3.8) is 0 Å². The van der Waals surface area contributed by atoms with Crippen LogP contribution in [0.2, 0.25) is 5.02 Å². The molecule has 0 fully saturated rings. The van der Waals surface area contributed by atoms with Gasteiger partial charge in [-0.2, -0.15) is 0 Å². The fourth-order valence-corrected chi connectivity index (χ4v) is 1.88. The number of hydrogen-bond acceptors (Lipinski definition) is 5. The third-order valence-electron chi connectivity index (χ3n) is 2.82. The third kappa shape index (κ3) is 3.70. The summed E-state index contributed by atoms with van der Waals surface area (Å²) in [6.45, 7) is 1.39. The molecule has 0 saturated carbocycles. The monoisotopic (exact) mass is 321 g/mol. The highest BCUT2D eigenvalue weighted by Gasteiger charge is 2.17. The zero-order valence-electron chi connectivity index (χ0n) is 11.6. The lowest BCUT2D eigenvalue weighted by Gasteiger charge is -2.10. The molecule has 0 atom stereocenters. The minimum Gasteiger partial charge on any atom is -0.476 e. The van der Waals surface area contributed by atoms with E-state index in [-0.39, 0.29) is 12.4 Å². The number of halogens is 1. The van der Waals surface area contributed by atoms with Crippen LogP contribution in [0.3, 0.4) is 0 Å². The summed E-state index contributed by atoms with van der Waals surface area (Å²) in [5.74, 6) is -0.955. The molecule has 0 unspecified atom stereocenters. The van der Waals surface area contributed by atoms with Gasteiger partial charge in [0.25, 0.3) is 5.91 Å². The van der Waals surface area contributed by atoms with Gasteiger partial charge in [0.15, 0.2) is 6.61 Å². The molecule has 2 rings (SSSR count). The van der Waals surface area contributed by atoms with Gasteiger partial charge in [-0.15, -0.1) is 0 Å². The van der Waals surface area contributed by atoms with Crippen molar-refractivity contribution in [3.05, 3.63) is 57.2 Å². The number of amides is 1. The minimum atomic E-state index is -0.672. The van der Waals surface area contributed by atoms with Gasteiger partial charge in [-0.05, 0) is 46.7 Å². The number of ether oxygens (including phenoxy) is 1. The number of pyridine rings is 1. The number of aromatic nitrogens is 1. The Kier molecular flexibility index (Phi) is 4.90. The largest absolute Gasteiger partial charge is 0.476 e. The number of nitrogens with one attached hydrogen (secondary N) is 1. The standard InChI is InChI=1S/C14H12ClN3O4/c1-9-10(15)4-2-5-11(9)17-13(19)8-22-12-6-3-7-16-14(12)18(20)21/h2-7H,8H2,1H3,(H,17,19). The Morgan fingerprint density at radius 3 is 2.91 bits per heavy atom. The van der Waals surface area contributed by atoms with E-state index in [1.807, 2.05) is 0 Å². The molecule has 0 aliphatic carbocycles. The molecule has 0 bridgehead atoms. The molecule has 0 saturated heterocycles. The molecule has 2 aromatic rings. The van der Waals surface area contributed by atoms with E-state index >= 15 is 0 Å². The first-order chi connectivity index (χ1) is 10.5. The summed E-state index contributed by atoms with van der Waals surface area (Å²) in [6.07, 6.45) is 1.28. The SMILES string of the molecule is Cc1c(Cl)cccc1NC(=O)COc1cccnc1[N+](=O)[O-]. The first-order valence-corrected chi connectivity index (χ1v) is 6.64. The Balaban J connectivity index is 2.02. The van der Waals surface area contributed by atoms with Crippen molar-refractivity contribution in [3.8, 4) is 5.75 Å². The zero-order chi connectivity index (χ0) is 16.1. The van der Waals surface area contributed by atoms with E-state index in [1.54, 1.807) is 25.1 Å². The van der Waals surface area contributed by atoms with E-state index in [0.717, 1.165) is 5.56 Å². The van der Waals surface area contributed by atoms with Gasteiger partial charge < -0.3 is 20.2 Å². The Labute approximate surface area is 131 Å². The number of benzene rings is 1. The van der Waals surface area contributed by atoms with E-state index in [9.17, 15) is 14.9 Å². The highest BCUT2D eigenvalue weighted by molar-refractivity contribution is 6.31. The van der Waals surface area contributed by atoms with Crippen molar-refractivity contribution >= 4 is 29.0 Å². The Morgan fingerprint density at radius 1 is 1.41 bits per heavy atom.